The third kappa shape index (κ3) is 6.34. The number of hydrogen-bond acceptors (Lipinski definition) is 6. The molecule has 28 heavy (non-hydrogen) atoms. The highest BCUT2D eigenvalue weighted by molar-refractivity contribution is 9.10. The van der Waals surface area contributed by atoms with Crippen LogP contribution in [0.25, 0.3) is 0 Å². The zero-order chi connectivity index (χ0) is 20.7. The van der Waals surface area contributed by atoms with Crippen LogP contribution in [0.1, 0.15) is 30.9 Å². The SMILES string of the molecule is CC(C)c1ccc(OCC(=O)O/N=C(\N)Cc2ccc([N+](=O)[O-])cc2)c(Br)c1. The summed E-state index contributed by atoms with van der Waals surface area (Å²) in [5.41, 5.74) is 7.55. The number of nitrogens with zero attached hydrogens (tertiary/aromatic N) is 2. The summed E-state index contributed by atoms with van der Waals surface area (Å²) in [5.74, 6) is 0.253. The number of nitrogens with two attached hydrogens (primary N) is 1. The van der Waals surface area contributed by atoms with Crippen LogP contribution in [0.4, 0.5) is 5.69 Å². The van der Waals surface area contributed by atoms with Crippen molar-refractivity contribution in [3.63, 3.8) is 0 Å². The topological polar surface area (TPSA) is 117 Å². The van der Waals surface area contributed by atoms with E-state index in [9.17, 15) is 14.9 Å². The molecule has 8 nitrogen and oxygen atoms in total. The highest BCUT2D eigenvalue weighted by Gasteiger charge is 2.10. The zero-order valence-corrected chi connectivity index (χ0v) is 17.0. The Morgan fingerprint density at radius 2 is 1.93 bits per heavy atom. The molecule has 2 rings (SSSR count). The second-order valence-electron chi connectivity index (χ2n) is 6.28. The lowest BCUT2D eigenvalue weighted by molar-refractivity contribution is -0.384. The van der Waals surface area contributed by atoms with Crippen LogP contribution in [-0.4, -0.2) is 23.3 Å². The average molecular weight is 450 g/mol. The number of carbonyl (C=O) groups is 1. The minimum Gasteiger partial charge on any atom is -0.481 e. The molecule has 0 fully saturated rings. The maximum absolute atomic E-state index is 11.8. The third-order valence-corrected chi connectivity index (χ3v) is 4.38. The molecule has 2 aromatic rings. The quantitative estimate of drug-likeness (QED) is 0.214. The number of amidine groups is 1. The lowest BCUT2D eigenvalue weighted by atomic mass is 10.0. The summed E-state index contributed by atoms with van der Waals surface area (Å²) in [4.78, 5) is 26.7. The highest BCUT2D eigenvalue weighted by Crippen LogP contribution is 2.28. The molecule has 0 saturated heterocycles. The van der Waals surface area contributed by atoms with Gasteiger partial charge >= 0.3 is 5.97 Å². The first-order valence-electron chi connectivity index (χ1n) is 8.44. The van der Waals surface area contributed by atoms with Crippen LogP contribution in [0.3, 0.4) is 0 Å². The molecule has 0 aliphatic carbocycles. The van der Waals surface area contributed by atoms with Gasteiger partial charge in [-0.1, -0.05) is 37.2 Å². The normalized spacial score (nSPS) is 11.4. The Balaban J connectivity index is 1.84. The van der Waals surface area contributed by atoms with Gasteiger partial charge in [-0.25, -0.2) is 4.79 Å². The molecule has 0 aromatic heterocycles. The van der Waals surface area contributed by atoms with Gasteiger partial charge in [-0.05, 0) is 45.1 Å². The number of rotatable bonds is 8. The number of oxime groups is 1. The van der Waals surface area contributed by atoms with Crippen molar-refractivity contribution in [2.24, 2.45) is 10.9 Å². The lowest BCUT2D eigenvalue weighted by Gasteiger charge is -2.10. The summed E-state index contributed by atoms with van der Waals surface area (Å²) in [5, 5.41) is 14.2. The first-order valence-corrected chi connectivity index (χ1v) is 9.23. The number of nitro groups is 1. The minimum absolute atomic E-state index is 0.0181. The maximum Gasteiger partial charge on any atom is 0.372 e. The zero-order valence-electron chi connectivity index (χ0n) is 15.4. The molecule has 148 valence electrons. The summed E-state index contributed by atoms with van der Waals surface area (Å²) in [7, 11) is 0. The molecule has 0 aliphatic rings. The maximum atomic E-state index is 11.8. The molecule has 2 N–H and O–H groups in total. The van der Waals surface area contributed by atoms with Gasteiger partial charge in [0.25, 0.3) is 5.69 Å². The Hall–Kier alpha value is -2.94. The standard InChI is InChI=1S/C19H20BrN3O5/c1-12(2)14-5-8-17(16(20)10-14)27-11-19(24)28-22-18(21)9-13-3-6-15(7-4-13)23(25)26/h3-8,10,12H,9,11H2,1-2H3,(H2,21,22). The van der Waals surface area contributed by atoms with E-state index in [-0.39, 0.29) is 24.6 Å². The molecule has 0 saturated carbocycles. The number of hydrogen-bond donors (Lipinski definition) is 1. The first-order chi connectivity index (χ1) is 13.3. The predicted molar refractivity (Wildman–Crippen MR) is 108 cm³/mol. The van der Waals surface area contributed by atoms with E-state index in [1.807, 2.05) is 12.1 Å². The van der Waals surface area contributed by atoms with E-state index < -0.39 is 10.9 Å². The smallest absolute Gasteiger partial charge is 0.372 e. The van der Waals surface area contributed by atoms with Crippen LogP contribution in [0.5, 0.6) is 5.75 Å². The summed E-state index contributed by atoms with van der Waals surface area (Å²) >= 11 is 3.41. The highest BCUT2D eigenvalue weighted by atomic mass is 79.9. The van der Waals surface area contributed by atoms with Gasteiger partial charge < -0.3 is 15.3 Å². The lowest BCUT2D eigenvalue weighted by Crippen LogP contribution is -2.19. The van der Waals surface area contributed by atoms with Gasteiger partial charge in [-0.15, -0.1) is 0 Å². The van der Waals surface area contributed by atoms with Crippen molar-refractivity contribution in [3.8, 4) is 5.75 Å². The summed E-state index contributed by atoms with van der Waals surface area (Å²) < 4.78 is 6.17. The average Bonchev–Trinajstić information content (AvgIpc) is 2.65. The number of carbonyl (C=O) groups excluding carboxylic acids is 1. The molecule has 0 heterocycles. The molecule has 2 aromatic carbocycles. The second-order valence-corrected chi connectivity index (χ2v) is 7.13. The Labute approximate surface area is 170 Å². The van der Waals surface area contributed by atoms with E-state index in [1.165, 1.54) is 12.1 Å². The summed E-state index contributed by atoms with van der Waals surface area (Å²) in [6.07, 6.45) is 0.189. The Kier molecular flexibility index (Phi) is 7.51. The van der Waals surface area contributed by atoms with E-state index in [4.69, 9.17) is 15.3 Å². The summed E-state index contributed by atoms with van der Waals surface area (Å²) in [6.45, 7) is 3.84. The van der Waals surface area contributed by atoms with Gasteiger partial charge in [0, 0.05) is 18.6 Å². The molecule has 0 unspecified atom stereocenters. The van der Waals surface area contributed by atoms with Crippen LogP contribution in [-0.2, 0) is 16.1 Å². The third-order valence-electron chi connectivity index (χ3n) is 3.77. The van der Waals surface area contributed by atoms with E-state index in [1.54, 1.807) is 18.2 Å². The van der Waals surface area contributed by atoms with Crippen LogP contribution >= 0.6 is 15.9 Å². The van der Waals surface area contributed by atoms with Gasteiger partial charge in [0.05, 0.1) is 9.40 Å². The molecule has 0 bridgehead atoms. The van der Waals surface area contributed by atoms with Crippen molar-refractivity contribution in [1.29, 1.82) is 0 Å². The molecule has 9 heteroatoms. The fraction of sp³-hybridized carbons (Fsp3) is 0.263. The van der Waals surface area contributed by atoms with Gasteiger partial charge in [-0.2, -0.15) is 0 Å². The van der Waals surface area contributed by atoms with Crippen molar-refractivity contribution in [2.75, 3.05) is 6.61 Å². The predicted octanol–water partition coefficient (Wildman–Crippen LogP) is 3.92. The van der Waals surface area contributed by atoms with Crippen molar-refractivity contribution in [3.05, 3.63) is 68.2 Å². The fourth-order valence-electron chi connectivity index (χ4n) is 2.24. The van der Waals surface area contributed by atoms with Gasteiger partial charge in [-0.3, -0.25) is 10.1 Å². The Morgan fingerprint density at radius 3 is 2.50 bits per heavy atom. The Morgan fingerprint density at radius 1 is 1.25 bits per heavy atom. The van der Waals surface area contributed by atoms with Crippen LogP contribution in [0.15, 0.2) is 52.1 Å². The molecular weight excluding hydrogens is 430 g/mol. The molecule has 0 amide bonds. The first kappa shape index (κ1) is 21.4. The Bertz CT molecular complexity index is 882. The van der Waals surface area contributed by atoms with Gasteiger partial charge in [0.2, 0.25) is 0 Å². The molecule has 0 radical (unpaired) electrons. The van der Waals surface area contributed by atoms with Crippen LogP contribution in [0, 0.1) is 10.1 Å². The minimum atomic E-state index is -0.702. The van der Waals surface area contributed by atoms with E-state index in [0.29, 0.717) is 17.2 Å². The van der Waals surface area contributed by atoms with Crippen molar-refractivity contribution < 1.29 is 19.3 Å². The van der Waals surface area contributed by atoms with E-state index in [2.05, 4.69) is 34.9 Å². The van der Waals surface area contributed by atoms with E-state index >= 15 is 0 Å². The van der Waals surface area contributed by atoms with Gasteiger partial charge in [0.15, 0.2) is 6.61 Å². The van der Waals surface area contributed by atoms with Crippen LogP contribution in [0.2, 0.25) is 0 Å². The van der Waals surface area contributed by atoms with E-state index in [0.717, 1.165) is 10.0 Å². The largest absolute Gasteiger partial charge is 0.481 e. The van der Waals surface area contributed by atoms with Crippen molar-refractivity contribution in [1.82, 2.24) is 0 Å². The fourth-order valence-corrected chi connectivity index (χ4v) is 2.75. The second kappa shape index (κ2) is 9.84. The number of halogens is 1. The van der Waals surface area contributed by atoms with Crippen LogP contribution < -0.4 is 10.5 Å². The molecule has 0 aliphatic heterocycles. The monoisotopic (exact) mass is 449 g/mol. The molecular formula is C19H20BrN3O5. The van der Waals surface area contributed by atoms with Gasteiger partial charge in [0.1, 0.15) is 11.6 Å². The molecule has 0 atom stereocenters. The number of ether oxygens (including phenoxy) is 1. The van der Waals surface area contributed by atoms with Crippen molar-refractivity contribution >= 4 is 33.4 Å². The molecule has 0 spiro atoms. The van der Waals surface area contributed by atoms with Crippen molar-refractivity contribution in [2.45, 2.75) is 26.2 Å². The number of nitro benzene ring substituents is 1. The summed E-state index contributed by atoms with van der Waals surface area (Å²) in [6, 6.07) is 11.5. The number of benzene rings is 2. The number of non-ortho nitro benzene ring substituents is 1.